The molecule has 0 aliphatic heterocycles. The van der Waals surface area contributed by atoms with Gasteiger partial charge in [0.2, 0.25) is 11.9 Å². The quantitative estimate of drug-likeness (QED) is 0.417. The minimum Gasteiger partial charge on any atom is -0.494 e. The predicted octanol–water partition coefficient (Wildman–Crippen LogP) is 4.56. The summed E-state index contributed by atoms with van der Waals surface area (Å²) in [6, 6.07) is 13.0. The van der Waals surface area contributed by atoms with E-state index in [1.807, 2.05) is 51.1 Å². The first kappa shape index (κ1) is 22.5. The van der Waals surface area contributed by atoms with Gasteiger partial charge in [-0.1, -0.05) is 17.4 Å². The van der Waals surface area contributed by atoms with Crippen molar-refractivity contribution in [1.82, 2.24) is 14.5 Å². The number of amides is 1. The number of aryl methyl sites for hydroxylation is 3. The van der Waals surface area contributed by atoms with Crippen LogP contribution in [0, 0.1) is 20.8 Å². The molecule has 170 valence electrons. The number of benzene rings is 2. The number of carbonyl (C=O) groups excluding carboxylic acids is 1. The maximum absolute atomic E-state index is 12.8. The van der Waals surface area contributed by atoms with Crippen LogP contribution in [0.2, 0.25) is 0 Å². The van der Waals surface area contributed by atoms with Gasteiger partial charge in [0.05, 0.1) is 16.8 Å². The lowest BCUT2D eigenvalue weighted by Crippen LogP contribution is -2.30. The molecule has 0 spiro atoms. The first-order valence-electron chi connectivity index (χ1n) is 10.6. The minimum atomic E-state index is -0.365. The molecule has 2 aromatic heterocycles. The lowest BCUT2D eigenvalue weighted by molar-refractivity contribution is -0.116. The number of ether oxygens (including phenoxy) is 1. The number of rotatable bonds is 7. The fourth-order valence-corrected chi connectivity index (χ4v) is 4.43. The fourth-order valence-electron chi connectivity index (χ4n) is 3.56. The highest BCUT2D eigenvalue weighted by molar-refractivity contribution is 7.22. The van der Waals surface area contributed by atoms with Crippen LogP contribution >= 0.6 is 11.3 Å². The van der Waals surface area contributed by atoms with Crippen LogP contribution in [-0.4, -0.2) is 27.0 Å². The van der Waals surface area contributed by atoms with E-state index in [0.29, 0.717) is 23.4 Å². The number of fused-ring (bicyclic) bond motifs is 1. The van der Waals surface area contributed by atoms with Gasteiger partial charge in [0, 0.05) is 23.5 Å². The standard InChI is InChI=1S/C24H25N5O3S/c1-5-32-18-6-7-20-19(12-18)27-24(33-20)28-21(30)13-29-22(31)11-16(4)25-23(29)26-17-9-14(2)8-15(3)10-17/h6-12H,5,13H2,1-4H3,(H,25,26)(H,27,28,30). The summed E-state index contributed by atoms with van der Waals surface area (Å²) < 4.78 is 7.76. The Morgan fingerprint density at radius 2 is 1.82 bits per heavy atom. The van der Waals surface area contributed by atoms with Crippen molar-refractivity contribution in [3.05, 3.63) is 69.6 Å². The van der Waals surface area contributed by atoms with Crippen LogP contribution in [-0.2, 0) is 11.3 Å². The van der Waals surface area contributed by atoms with E-state index in [4.69, 9.17) is 4.74 Å². The highest BCUT2D eigenvalue weighted by Crippen LogP contribution is 2.29. The zero-order valence-corrected chi connectivity index (χ0v) is 19.7. The van der Waals surface area contributed by atoms with Crippen LogP contribution < -0.4 is 20.9 Å². The second-order valence-corrected chi connectivity index (χ2v) is 8.81. The van der Waals surface area contributed by atoms with Gasteiger partial charge < -0.3 is 15.4 Å². The molecule has 2 aromatic carbocycles. The van der Waals surface area contributed by atoms with Crippen molar-refractivity contribution in [1.29, 1.82) is 0 Å². The first-order valence-corrected chi connectivity index (χ1v) is 11.4. The molecule has 0 aliphatic rings. The van der Waals surface area contributed by atoms with E-state index in [1.54, 1.807) is 6.92 Å². The maximum Gasteiger partial charge on any atom is 0.255 e. The molecule has 0 saturated heterocycles. The van der Waals surface area contributed by atoms with Crippen LogP contribution in [0.5, 0.6) is 5.75 Å². The van der Waals surface area contributed by atoms with Gasteiger partial charge in [-0.05, 0) is 63.1 Å². The molecule has 9 heteroatoms. The Kier molecular flexibility index (Phi) is 6.41. The summed E-state index contributed by atoms with van der Waals surface area (Å²) >= 11 is 1.36. The molecule has 0 unspecified atom stereocenters. The average molecular weight is 464 g/mol. The molecule has 4 rings (SSSR count). The van der Waals surface area contributed by atoms with Crippen LogP contribution in [0.4, 0.5) is 16.8 Å². The summed E-state index contributed by atoms with van der Waals surface area (Å²) in [5.41, 5.74) is 3.97. The summed E-state index contributed by atoms with van der Waals surface area (Å²) in [5.74, 6) is 0.675. The zero-order chi connectivity index (χ0) is 23.5. The van der Waals surface area contributed by atoms with Gasteiger partial charge in [-0.15, -0.1) is 0 Å². The van der Waals surface area contributed by atoms with Crippen molar-refractivity contribution in [2.45, 2.75) is 34.2 Å². The largest absolute Gasteiger partial charge is 0.494 e. The van der Waals surface area contributed by atoms with E-state index in [0.717, 1.165) is 32.8 Å². The summed E-state index contributed by atoms with van der Waals surface area (Å²) in [6.07, 6.45) is 0. The van der Waals surface area contributed by atoms with Crippen molar-refractivity contribution in [3.8, 4) is 5.75 Å². The Morgan fingerprint density at radius 1 is 1.06 bits per heavy atom. The molecule has 2 N–H and O–H groups in total. The Hall–Kier alpha value is -3.72. The molecule has 33 heavy (non-hydrogen) atoms. The number of nitrogens with zero attached hydrogens (tertiary/aromatic N) is 3. The maximum atomic E-state index is 12.8. The second kappa shape index (κ2) is 9.41. The molecule has 1 amide bonds. The number of nitrogens with one attached hydrogen (secondary N) is 2. The average Bonchev–Trinajstić information content (AvgIpc) is 3.11. The van der Waals surface area contributed by atoms with E-state index in [1.165, 1.54) is 22.0 Å². The molecule has 8 nitrogen and oxygen atoms in total. The van der Waals surface area contributed by atoms with Gasteiger partial charge >= 0.3 is 0 Å². The highest BCUT2D eigenvalue weighted by Gasteiger charge is 2.14. The summed E-state index contributed by atoms with van der Waals surface area (Å²) in [4.78, 5) is 34.4. The third-order valence-electron chi connectivity index (χ3n) is 4.83. The Morgan fingerprint density at radius 3 is 2.55 bits per heavy atom. The molecular weight excluding hydrogens is 438 g/mol. The van der Waals surface area contributed by atoms with Crippen LogP contribution in [0.3, 0.4) is 0 Å². The molecule has 2 heterocycles. The highest BCUT2D eigenvalue weighted by atomic mass is 32.1. The number of anilines is 3. The van der Waals surface area contributed by atoms with Gasteiger partial charge in [0.1, 0.15) is 12.3 Å². The molecule has 0 radical (unpaired) electrons. The van der Waals surface area contributed by atoms with Crippen molar-refractivity contribution in [2.24, 2.45) is 0 Å². The number of hydrogen-bond donors (Lipinski definition) is 2. The Balaban J connectivity index is 1.56. The molecular formula is C24H25N5O3S. The van der Waals surface area contributed by atoms with E-state index >= 15 is 0 Å². The summed E-state index contributed by atoms with van der Waals surface area (Å²) in [6.45, 7) is 8.03. The van der Waals surface area contributed by atoms with Crippen LogP contribution in [0.1, 0.15) is 23.7 Å². The Bertz CT molecular complexity index is 1370. The van der Waals surface area contributed by atoms with Crippen molar-refractivity contribution < 1.29 is 9.53 Å². The Labute approximate surface area is 195 Å². The normalized spacial score (nSPS) is 10.9. The first-order chi connectivity index (χ1) is 15.8. The van der Waals surface area contributed by atoms with Crippen molar-refractivity contribution in [3.63, 3.8) is 0 Å². The van der Waals surface area contributed by atoms with Gasteiger partial charge in [-0.3, -0.25) is 14.2 Å². The van der Waals surface area contributed by atoms with E-state index < -0.39 is 0 Å². The summed E-state index contributed by atoms with van der Waals surface area (Å²) in [7, 11) is 0. The predicted molar refractivity (Wildman–Crippen MR) is 132 cm³/mol. The number of thiazole rings is 1. The van der Waals surface area contributed by atoms with Crippen LogP contribution in [0.25, 0.3) is 10.2 Å². The third-order valence-corrected chi connectivity index (χ3v) is 5.78. The molecule has 0 fully saturated rings. The van der Waals surface area contributed by atoms with E-state index in [-0.39, 0.29) is 18.0 Å². The number of carbonyl (C=O) groups is 1. The van der Waals surface area contributed by atoms with Gasteiger partial charge in [0.25, 0.3) is 5.56 Å². The van der Waals surface area contributed by atoms with Crippen molar-refractivity contribution in [2.75, 3.05) is 17.2 Å². The number of hydrogen-bond acceptors (Lipinski definition) is 7. The lowest BCUT2D eigenvalue weighted by atomic mass is 10.1. The smallest absolute Gasteiger partial charge is 0.255 e. The van der Waals surface area contributed by atoms with E-state index in [2.05, 4.69) is 26.7 Å². The molecule has 0 aliphatic carbocycles. The second-order valence-electron chi connectivity index (χ2n) is 7.78. The fraction of sp³-hybridized carbons (Fsp3) is 0.250. The minimum absolute atomic E-state index is 0.195. The monoisotopic (exact) mass is 463 g/mol. The molecule has 0 bridgehead atoms. The van der Waals surface area contributed by atoms with Gasteiger partial charge in [-0.2, -0.15) is 0 Å². The lowest BCUT2D eigenvalue weighted by Gasteiger charge is -2.14. The molecule has 4 aromatic rings. The molecule has 0 atom stereocenters. The molecule has 0 saturated carbocycles. The SMILES string of the molecule is CCOc1ccc2sc(NC(=O)Cn3c(Nc4cc(C)cc(C)c4)nc(C)cc3=O)nc2c1. The summed E-state index contributed by atoms with van der Waals surface area (Å²) in [5, 5.41) is 6.44. The zero-order valence-electron chi connectivity index (χ0n) is 18.9. The third kappa shape index (κ3) is 5.38. The van der Waals surface area contributed by atoms with Crippen molar-refractivity contribution >= 4 is 44.2 Å². The van der Waals surface area contributed by atoms with Gasteiger partial charge in [-0.25, -0.2) is 9.97 Å². The van der Waals surface area contributed by atoms with Gasteiger partial charge in [0.15, 0.2) is 5.13 Å². The topological polar surface area (TPSA) is 98.1 Å². The number of aromatic nitrogens is 3. The van der Waals surface area contributed by atoms with Crippen LogP contribution in [0.15, 0.2) is 47.3 Å². The van der Waals surface area contributed by atoms with E-state index in [9.17, 15) is 9.59 Å².